The van der Waals surface area contributed by atoms with Gasteiger partial charge in [-0.05, 0) is 42.9 Å². The predicted molar refractivity (Wildman–Crippen MR) is 123 cm³/mol. The van der Waals surface area contributed by atoms with E-state index in [1.165, 1.54) is 16.4 Å². The second kappa shape index (κ2) is 7.78. The lowest BCUT2D eigenvalue weighted by molar-refractivity contribution is 0.214. The molecule has 3 aromatic rings. The fraction of sp³-hybridized carbons (Fsp3) is 0.348. The van der Waals surface area contributed by atoms with E-state index < -0.39 is 10.0 Å². The van der Waals surface area contributed by atoms with Gasteiger partial charge < -0.3 is 15.5 Å². The van der Waals surface area contributed by atoms with Crippen molar-refractivity contribution in [2.75, 3.05) is 25.0 Å². The summed E-state index contributed by atoms with van der Waals surface area (Å²) in [4.78, 5) is 19.8. The van der Waals surface area contributed by atoms with Crippen molar-refractivity contribution in [3.05, 3.63) is 54.4 Å². The highest BCUT2D eigenvalue weighted by Crippen LogP contribution is 2.42. The van der Waals surface area contributed by atoms with Crippen LogP contribution in [0.5, 0.6) is 0 Å². The lowest BCUT2D eigenvalue weighted by Gasteiger charge is -2.29. The van der Waals surface area contributed by atoms with Gasteiger partial charge in [-0.25, -0.2) is 22.2 Å². The second-order valence-corrected chi connectivity index (χ2v) is 10.6. The Balaban J connectivity index is 1.52. The standard InChI is InChI=1S/C23H24N6O3S/c1-27(18-9-15-13-28(23(25)30)14-16(15)10-18)21-17(11-24)12-26-22-20(21)7-8-29(22)33(31,32)19-5-3-2-4-6-19/h2-8,12,15-16,18H,9-10,13-14H2,1H3,(H2,25,30)/t15-,16?,18+/m1/s1. The molecule has 170 valence electrons. The lowest BCUT2D eigenvalue weighted by atomic mass is 10.0. The molecule has 10 heteroatoms. The topological polar surface area (TPSA) is 125 Å². The highest BCUT2D eigenvalue weighted by Gasteiger charge is 2.43. The number of rotatable bonds is 4. The Morgan fingerprint density at radius 3 is 2.45 bits per heavy atom. The largest absolute Gasteiger partial charge is 0.370 e. The van der Waals surface area contributed by atoms with Crippen molar-refractivity contribution in [2.24, 2.45) is 17.6 Å². The Bertz CT molecular complexity index is 1360. The first kappa shape index (κ1) is 21.3. The maximum Gasteiger partial charge on any atom is 0.314 e. The summed E-state index contributed by atoms with van der Waals surface area (Å²) in [5, 5.41) is 10.4. The van der Waals surface area contributed by atoms with Gasteiger partial charge in [-0.15, -0.1) is 0 Å². The van der Waals surface area contributed by atoms with E-state index in [0.29, 0.717) is 41.6 Å². The van der Waals surface area contributed by atoms with Crippen molar-refractivity contribution in [3.8, 4) is 6.07 Å². The maximum absolute atomic E-state index is 13.2. The Labute approximate surface area is 192 Å². The summed E-state index contributed by atoms with van der Waals surface area (Å²) in [5.41, 5.74) is 6.82. The van der Waals surface area contributed by atoms with E-state index in [9.17, 15) is 18.5 Å². The van der Waals surface area contributed by atoms with Crippen LogP contribution in [0.15, 0.2) is 53.7 Å². The fourth-order valence-electron chi connectivity index (χ4n) is 5.36. The molecule has 2 aromatic heterocycles. The number of likely N-dealkylation sites (tertiary alicyclic amines) is 1. The van der Waals surface area contributed by atoms with E-state index in [-0.39, 0.29) is 22.6 Å². The Hall–Kier alpha value is -3.58. The minimum Gasteiger partial charge on any atom is -0.370 e. The molecule has 2 fully saturated rings. The van der Waals surface area contributed by atoms with E-state index in [1.807, 2.05) is 7.05 Å². The van der Waals surface area contributed by atoms with Crippen molar-refractivity contribution in [1.29, 1.82) is 5.26 Å². The number of hydrogen-bond donors (Lipinski definition) is 1. The van der Waals surface area contributed by atoms with Gasteiger partial charge in [-0.2, -0.15) is 5.26 Å². The molecule has 0 radical (unpaired) electrons. The van der Waals surface area contributed by atoms with Crippen LogP contribution in [0, 0.1) is 23.2 Å². The number of carbonyl (C=O) groups is 1. The first-order valence-electron chi connectivity index (χ1n) is 10.8. The monoisotopic (exact) mass is 464 g/mol. The number of anilines is 1. The summed E-state index contributed by atoms with van der Waals surface area (Å²) in [6.45, 7) is 1.32. The molecule has 1 saturated heterocycles. The first-order valence-corrected chi connectivity index (χ1v) is 12.2. The highest BCUT2D eigenvalue weighted by molar-refractivity contribution is 7.90. The molecule has 0 spiro atoms. The van der Waals surface area contributed by atoms with Crippen molar-refractivity contribution in [1.82, 2.24) is 13.9 Å². The van der Waals surface area contributed by atoms with Crippen molar-refractivity contribution >= 4 is 32.8 Å². The summed E-state index contributed by atoms with van der Waals surface area (Å²) in [6.07, 6.45) is 4.69. The van der Waals surface area contributed by atoms with Crippen LogP contribution in [-0.4, -0.2) is 54.5 Å². The zero-order valence-corrected chi connectivity index (χ0v) is 18.9. The third kappa shape index (κ3) is 3.40. The average molecular weight is 465 g/mol. The minimum atomic E-state index is -3.83. The Morgan fingerprint density at radius 2 is 1.85 bits per heavy atom. The summed E-state index contributed by atoms with van der Waals surface area (Å²) < 4.78 is 27.6. The van der Waals surface area contributed by atoms with Crippen LogP contribution in [0.2, 0.25) is 0 Å². The molecule has 1 unspecified atom stereocenters. The molecule has 3 atom stereocenters. The number of benzene rings is 1. The van der Waals surface area contributed by atoms with Crippen LogP contribution >= 0.6 is 0 Å². The number of urea groups is 1. The van der Waals surface area contributed by atoms with Gasteiger partial charge in [0.1, 0.15) is 6.07 Å². The van der Waals surface area contributed by atoms with E-state index in [2.05, 4.69) is 16.0 Å². The molecule has 2 N–H and O–H groups in total. The number of hydrogen-bond acceptors (Lipinski definition) is 6. The molecule has 2 amide bonds. The SMILES string of the molecule is CN(c1c(C#N)cnc2c1ccn2S(=O)(=O)c1ccccc1)[C@@H]1CC2CN(C(N)=O)C[C@H]2C1. The molecule has 2 aliphatic rings. The van der Waals surface area contributed by atoms with Gasteiger partial charge >= 0.3 is 6.03 Å². The van der Waals surface area contributed by atoms with E-state index >= 15 is 0 Å². The van der Waals surface area contributed by atoms with Gasteiger partial charge in [0.05, 0.1) is 16.1 Å². The number of nitriles is 1. The zero-order valence-electron chi connectivity index (χ0n) is 18.1. The molecule has 1 aliphatic heterocycles. The number of amides is 2. The summed E-state index contributed by atoms with van der Waals surface area (Å²) in [7, 11) is -1.89. The molecule has 0 bridgehead atoms. The Kier molecular flexibility index (Phi) is 5.01. The van der Waals surface area contributed by atoms with Gasteiger partial charge in [0.2, 0.25) is 0 Å². The molecule has 1 aromatic carbocycles. The van der Waals surface area contributed by atoms with Gasteiger partial charge in [-0.3, -0.25) is 0 Å². The molecule has 3 heterocycles. The molecular weight excluding hydrogens is 440 g/mol. The molecule has 33 heavy (non-hydrogen) atoms. The number of fused-ring (bicyclic) bond motifs is 2. The van der Waals surface area contributed by atoms with Crippen molar-refractivity contribution < 1.29 is 13.2 Å². The van der Waals surface area contributed by atoms with Crippen molar-refractivity contribution in [3.63, 3.8) is 0 Å². The number of nitrogens with zero attached hydrogens (tertiary/aromatic N) is 5. The van der Waals surface area contributed by atoms with E-state index in [1.54, 1.807) is 41.3 Å². The number of carbonyl (C=O) groups excluding carboxylic acids is 1. The van der Waals surface area contributed by atoms with E-state index in [4.69, 9.17) is 5.73 Å². The van der Waals surface area contributed by atoms with Gasteiger partial charge in [0.15, 0.2) is 5.65 Å². The summed E-state index contributed by atoms with van der Waals surface area (Å²) >= 11 is 0. The minimum absolute atomic E-state index is 0.168. The quantitative estimate of drug-likeness (QED) is 0.632. The van der Waals surface area contributed by atoms with Gasteiger partial charge in [-0.1, -0.05) is 18.2 Å². The molecule has 1 saturated carbocycles. The molecule has 1 aliphatic carbocycles. The first-order chi connectivity index (χ1) is 15.8. The third-order valence-corrected chi connectivity index (χ3v) is 8.69. The Morgan fingerprint density at radius 1 is 1.18 bits per heavy atom. The number of pyridine rings is 1. The zero-order chi connectivity index (χ0) is 23.3. The van der Waals surface area contributed by atoms with Crippen LogP contribution in [0.3, 0.4) is 0 Å². The van der Waals surface area contributed by atoms with Gasteiger partial charge in [0.25, 0.3) is 10.0 Å². The fourth-order valence-corrected chi connectivity index (χ4v) is 6.68. The summed E-state index contributed by atoms with van der Waals surface area (Å²) in [6, 6.07) is 11.9. The molecule has 5 rings (SSSR count). The van der Waals surface area contributed by atoms with Gasteiger partial charge in [0, 0.05) is 44.0 Å². The van der Waals surface area contributed by atoms with E-state index in [0.717, 1.165) is 12.8 Å². The summed E-state index contributed by atoms with van der Waals surface area (Å²) in [5.74, 6) is 0.742. The highest BCUT2D eigenvalue weighted by atomic mass is 32.2. The van der Waals surface area contributed by atoms with Crippen LogP contribution in [0.25, 0.3) is 11.0 Å². The normalized spacial score (nSPS) is 22.3. The van der Waals surface area contributed by atoms with Crippen molar-refractivity contribution in [2.45, 2.75) is 23.8 Å². The van der Waals surface area contributed by atoms with Crippen LogP contribution in [0.4, 0.5) is 10.5 Å². The number of primary amides is 1. The smallest absolute Gasteiger partial charge is 0.314 e. The van der Waals surface area contributed by atoms with Crippen LogP contribution < -0.4 is 10.6 Å². The molecular formula is C23H24N6O3S. The molecule has 9 nitrogen and oxygen atoms in total. The lowest BCUT2D eigenvalue weighted by Crippen LogP contribution is -2.37. The third-order valence-electron chi connectivity index (χ3n) is 7.01. The maximum atomic E-state index is 13.2. The average Bonchev–Trinajstić information content (AvgIpc) is 3.51. The predicted octanol–water partition coefficient (Wildman–Crippen LogP) is 2.37. The van der Waals surface area contributed by atoms with Crippen LogP contribution in [0.1, 0.15) is 18.4 Å². The number of aromatic nitrogens is 2. The second-order valence-electron chi connectivity index (χ2n) is 8.80. The number of nitrogens with two attached hydrogens (primary N) is 1. The van der Waals surface area contributed by atoms with Crippen LogP contribution in [-0.2, 0) is 10.0 Å².